The molecule has 0 radical (unpaired) electrons. The van der Waals surface area contributed by atoms with E-state index in [1.165, 1.54) is 19.1 Å². The summed E-state index contributed by atoms with van der Waals surface area (Å²) in [5.74, 6) is -1.11. The number of benzene rings is 1. The fourth-order valence-electron chi connectivity index (χ4n) is 1.36. The second-order valence-corrected chi connectivity index (χ2v) is 4.19. The predicted octanol–water partition coefficient (Wildman–Crippen LogP) is 2.30. The molecule has 0 saturated carbocycles. The van der Waals surface area contributed by atoms with Crippen molar-refractivity contribution in [2.75, 3.05) is 0 Å². The van der Waals surface area contributed by atoms with Crippen molar-refractivity contribution in [3.05, 3.63) is 42.0 Å². The van der Waals surface area contributed by atoms with Crippen LogP contribution in [-0.4, -0.2) is 24.3 Å². The van der Waals surface area contributed by atoms with Gasteiger partial charge in [-0.05, 0) is 25.5 Å². The summed E-state index contributed by atoms with van der Waals surface area (Å²) in [6.45, 7) is 6.63. The second kappa shape index (κ2) is 7.23. The molecule has 20 heavy (non-hydrogen) atoms. The van der Waals surface area contributed by atoms with E-state index in [1.54, 1.807) is 19.1 Å². The van der Waals surface area contributed by atoms with Gasteiger partial charge in [-0.3, -0.25) is 4.79 Å². The third-order valence-corrected chi connectivity index (χ3v) is 2.44. The number of hydrogen-bond acceptors (Lipinski definition) is 5. The minimum atomic E-state index is -1.00. The SMILES string of the molecule is C=C(C)C(=O)OC(CC)C(=O)Oc1cccc(C=O)c1. The van der Waals surface area contributed by atoms with Gasteiger partial charge in [-0.2, -0.15) is 0 Å². The van der Waals surface area contributed by atoms with Gasteiger partial charge in [0, 0.05) is 11.1 Å². The molecule has 0 spiro atoms. The van der Waals surface area contributed by atoms with Crippen LogP contribution >= 0.6 is 0 Å². The lowest BCUT2D eigenvalue weighted by atomic mass is 10.2. The molecule has 0 aliphatic rings. The molecule has 1 unspecified atom stereocenters. The van der Waals surface area contributed by atoms with E-state index >= 15 is 0 Å². The molecular formula is C15H16O5. The van der Waals surface area contributed by atoms with Crippen LogP contribution in [0.5, 0.6) is 5.75 Å². The quantitative estimate of drug-likeness (QED) is 0.345. The highest BCUT2D eigenvalue weighted by Crippen LogP contribution is 2.14. The average molecular weight is 276 g/mol. The van der Waals surface area contributed by atoms with Crippen molar-refractivity contribution in [1.82, 2.24) is 0 Å². The maximum absolute atomic E-state index is 11.9. The monoisotopic (exact) mass is 276 g/mol. The fraction of sp³-hybridized carbons (Fsp3) is 0.267. The molecule has 0 aromatic heterocycles. The number of ether oxygens (including phenoxy) is 2. The number of carbonyl (C=O) groups excluding carboxylic acids is 3. The van der Waals surface area contributed by atoms with Crippen LogP contribution in [0.15, 0.2) is 36.4 Å². The Labute approximate surface area is 117 Å². The Morgan fingerprint density at radius 2 is 2.10 bits per heavy atom. The zero-order valence-corrected chi connectivity index (χ0v) is 11.4. The highest BCUT2D eigenvalue weighted by Gasteiger charge is 2.23. The zero-order chi connectivity index (χ0) is 15.1. The summed E-state index contributed by atoms with van der Waals surface area (Å²) in [5, 5.41) is 0. The van der Waals surface area contributed by atoms with Crippen LogP contribution < -0.4 is 4.74 Å². The molecule has 1 atom stereocenters. The van der Waals surface area contributed by atoms with Crippen LogP contribution in [0.25, 0.3) is 0 Å². The maximum Gasteiger partial charge on any atom is 0.352 e. The minimum Gasteiger partial charge on any atom is -0.447 e. The lowest BCUT2D eigenvalue weighted by Gasteiger charge is -2.15. The lowest BCUT2D eigenvalue weighted by molar-refractivity contribution is -0.159. The molecule has 0 N–H and O–H groups in total. The van der Waals surface area contributed by atoms with Crippen molar-refractivity contribution in [3.8, 4) is 5.75 Å². The normalized spacial score (nSPS) is 11.3. The summed E-state index contributed by atoms with van der Waals surface area (Å²) in [5.41, 5.74) is 0.599. The third kappa shape index (κ3) is 4.35. The number of aldehydes is 1. The molecule has 0 aliphatic carbocycles. The largest absolute Gasteiger partial charge is 0.447 e. The van der Waals surface area contributed by atoms with E-state index < -0.39 is 18.0 Å². The molecular weight excluding hydrogens is 260 g/mol. The minimum absolute atomic E-state index is 0.208. The highest BCUT2D eigenvalue weighted by molar-refractivity contribution is 5.89. The lowest BCUT2D eigenvalue weighted by Crippen LogP contribution is -2.30. The molecule has 106 valence electrons. The second-order valence-electron chi connectivity index (χ2n) is 4.19. The van der Waals surface area contributed by atoms with Crippen molar-refractivity contribution in [1.29, 1.82) is 0 Å². The summed E-state index contributed by atoms with van der Waals surface area (Å²) in [4.78, 5) is 33.9. The Morgan fingerprint density at radius 1 is 1.40 bits per heavy atom. The number of esters is 2. The van der Waals surface area contributed by atoms with Crippen LogP contribution in [0.4, 0.5) is 0 Å². The van der Waals surface area contributed by atoms with Gasteiger partial charge in [0.25, 0.3) is 0 Å². The van der Waals surface area contributed by atoms with Gasteiger partial charge in [-0.15, -0.1) is 0 Å². The van der Waals surface area contributed by atoms with Gasteiger partial charge in [0.05, 0.1) is 0 Å². The third-order valence-electron chi connectivity index (χ3n) is 2.44. The fourth-order valence-corrected chi connectivity index (χ4v) is 1.36. The summed E-state index contributed by atoms with van der Waals surface area (Å²) >= 11 is 0. The molecule has 5 nitrogen and oxygen atoms in total. The Hall–Kier alpha value is -2.43. The molecule has 5 heteroatoms. The predicted molar refractivity (Wildman–Crippen MR) is 72.4 cm³/mol. The van der Waals surface area contributed by atoms with Gasteiger partial charge in [0.2, 0.25) is 0 Å². The van der Waals surface area contributed by atoms with E-state index in [2.05, 4.69) is 6.58 Å². The number of carbonyl (C=O) groups is 3. The van der Waals surface area contributed by atoms with E-state index in [1.807, 2.05) is 0 Å². The maximum atomic E-state index is 11.9. The van der Waals surface area contributed by atoms with Crippen LogP contribution in [0.3, 0.4) is 0 Å². The molecule has 0 saturated heterocycles. The molecule has 0 bridgehead atoms. The van der Waals surface area contributed by atoms with Crippen molar-refractivity contribution >= 4 is 18.2 Å². The summed E-state index contributed by atoms with van der Waals surface area (Å²) in [6, 6.07) is 6.15. The molecule has 1 aromatic carbocycles. The molecule has 0 aliphatic heterocycles. The van der Waals surface area contributed by atoms with Gasteiger partial charge in [0.15, 0.2) is 6.10 Å². The first-order chi connectivity index (χ1) is 9.47. The summed E-state index contributed by atoms with van der Waals surface area (Å²) in [6.07, 6.45) is -0.0693. The van der Waals surface area contributed by atoms with Gasteiger partial charge in [0.1, 0.15) is 12.0 Å². The van der Waals surface area contributed by atoms with E-state index in [9.17, 15) is 14.4 Å². The van der Waals surface area contributed by atoms with Gasteiger partial charge in [-0.25, -0.2) is 9.59 Å². The van der Waals surface area contributed by atoms with Crippen molar-refractivity contribution < 1.29 is 23.9 Å². The van der Waals surface area contributed by atoms with E-state index in [0.29, 0.717) is 11.8 Å². The molecule has 0 heterocycles. The average Bonchev–Trinajstić information content (AvgIpc) is 2.44. The smallest absolute Gasteiger partial charge is 0.352 e. The number of rotatable bonds is 6. The summed E-state index contributed by atoms with van der Waals surface area (Å²) < 4.78 is 10.1. The van der Waals surface area contributed by atoms with E-state index in [4.69, 9.17) is 9.47 Å². The Morgan fingerprint density at radius 3 is 2.65 bits per heavy atom. The Balaban J connectivity index is 2.74. The topological polar surface area (TPSA) is 69.7 Å². The van der Waals surface area contributed by atoms with Gasteiger partial charge in [-0.1, -0.05) is 25.6 Å². The molecule has 0 amide bonds. The number of hydrogen-bond donors (Lipinski definition) is 0. The summed E-state index contributed by atoms with van der Waals surface area (Å²) in [7, 11) is 0. The van der Waals surface area contributed by atoms with Crippen LogP contribution in [0.2, 0.25) is 0 Å². The van der Waals surface area contributed by atoms with Crippen molar-refractivity contribution in [2.45, 2.75) is 26.4 Å². The zero-order valence-electron chi connectivity index (χ0n) is 11.4. The Kier molecular flexibility index (Phi) is 5.65. The Bertz CT molecular complexity index is 533. The van der Waals surface area contributed by atoms with Crippen molar-refractivity contribution in [2.24, 2.45) is 0 Å². The molecule has 1 rings (SSSR count). The van der Waals surface area contributed by atoms with Crippen LogP contribution in [-0.2, 0) is 14.3 Å². The molecule has 0 fully saturated rings. The molecule has 1 aromatic rings. The van der Waals surface area contributed by atoms with E-state index in [0.717, 1.165) is 0 Å². The first kappa shape index (κ1) is 15.6. The van der Waals surface area contributed by atoms with Gasteiger partial charge < -0.3 is 9.47 Å². The highest BCUT2D eigenvalue weighted by atomic mass is 16.6. The standard InChI is InChI=1S/C15H16O5/c1-4-13(20-14(17)10(2)3)15(18)19-12-7-5-6-11(8-12)9-16/h5-9,13H,2,4H2,1,3H3. The first-order valence-corrected chi connectivity index (χ1v) is 6.11. The van der Waals surface area contributed by atoms with Crippen molar-refractivity contribution in [3.63, 3.8) is 0 Å². The van der Waals surface area contributed by atoms with E-state index in [-0.39, 0.29) is 17.7 Å². The van der Waals surface area contributed by atoms with Gasteiger partial charge >= 0.3 is 11.9 Å². The van der Waals surface area contributed by atoms with Crippen LogP contribution in [0, 0.1) is 0 Å². The van der Waals surface area contributed by atoms with Crippen LogP contribution in [0.1, 0.15) is 30.6 Å². The first-order valence-electron chi connectivity index (χ1n) is 6.11.